The summed E-state index contributed by atoms with van der Waals surface area (Å²) in [5.74, 6) is 0.463. The highest BCUT2D eigenvalue weighted by Crippen LogP contribution is 2.39. The van der Waals surface area contributed by atoms with E-state index < -0.39 is 10.0 Å². The van der Waals surface area contributed by atoms with Gasteiger partial charge in [-0.3, -0.25) is 0 Å². The standard InChI is InChI=1S/C13H18N2O2S/c14-13-7-12(13)10-3-1-2-9(6-10)8-15-18(16,17)11-4-5-11/h1-3,6,11-13,15H,4-5,7-8,14H2. The van der Waals surface area contributed by atoms with Gasteiger partial charge >= 0.3 is 0 Å². The van der Waals surface area contributed by atoms with Crippen LogP contribution in [-0.4, -0.2) is 19.7 Å². The molecule has 5 heteroatoms. The molecule has 98 valence electrons. The topological polar surface area (TPSA) is 72.2 Å². The zero-order chi connectivity index (χ0) is 12.8. The lowest BCUT2D eigenvalue weighted by Gasteiger charge is -2.07. The Bertz CT molecular complexity index is 552. The van der Waals surface area contributed by atoms with Gasteiger partial charge in [-0.1, -0.05) is 24.3 Å². The third kappa shape index (κ3) is 2.58. The van der Waals surface area contributed by atoms with Gasteiger partial charge in [-0.15, -0.1) is 0 Å². The predicted molar refractivity (Wildman–Crippen MR) is 70.6 cm³/mol. The Kier molecular flexibility index (Phi) is 2.92. The van der Waals surface area contributed by atoms with Crippen molar-refractivity contribution in [2.75, 3.05) is 0 Å². The molecule has 2 atom stereocenters. The smallest absolute Gasteiger partial charge is 0.214 e. The van der Waals surface area contributed by atoms with E-state index in [9.17, 15) is 8.42 Å². The highest BCUT2D eigenvalue weighted by atomic mass is 32.2. The third-order valence-corrected chi connectivity index (χ3v) is 5.56. The van der Waals surface area contributed by atoms with Crippen molar-refractivity contribution in [1.82, 2.24) is 4.72 Å². The van der Waals surface area contributed by atoms with Crippen molar-refractivity contribution in [3.63, 3.8) is 0 Å². The van der Waals surface area contributed by atoms with Gasteiger partial charge in [0.1, 0.15) is 0 Å². The summed E-state index contributed by atoms with van der Waals surface area (Å²) in [5.41, 5.74) is 8.07. The summed E-state index contributed by atoms with van der Waals surface area (Å²) in [7, 11) is -3.09. The van der Waals surface area contributed by atoms with Gasteiger partial charge in [-0.05, 0) is 30.4 Å². The Morgan fingerprint density at radius 1 is 1.33 bits per heavy atom. The largest absolute Gasteiger partial charge is 0.327 e. The zero-order valence-electron chi connectivity index (χ0n) is 10.2. The van der Waals surface area contributed by atoms with Crippen LogP contribution in [0.3, 0.4) is 0 Å². The first-order valence-corrected chi connectivity index (χ1v) is 7.94. The van der Waals surface area contributed by atoms with Crippen LogP contribution in [0.2, 0.25) is 0 Å². The molecule has 18 heavy (non-hydrogen) atoms. The van der Waals surface area contributed by atoms with Gasteiger partial charge in [0.05, 0.1) is 5.25 Å². The Morgan fingerprint density at radius 3 is 2.67 bits per heavy atom. The minimum atomic E-state index is -3.09. The summed E-state index contributed by atoms with van der Waals surface area (Å²) in [4.78, 5) is 0. The van der Waals surface area contributed by atoms with Crippen LogP contribution in [0.1, 0.15) is 36.3 Å². The highest BCUT2D eigenvalue weighted by Gasteiger charge is 2.36. The third-order valence-electron chi connectivity index (χ3n) is 3.66. The predicted octanol–water partition coefficient (Wildman–Crippen LogP) is 1.08. The fraction of sp³-hybridized carbons (Fsp3) is 0.538. The van der Waals surface area contributed by atoms with Crippen LogP contribution in [-0.2, 0) is 16.6 Å². The first kappa shape index (κ1) is 12.1. The molecule has 2 fully saturated rings. The van der Waals surface area contributed by atoms with E-state index in [1.54, 1.807) is 0 Å². The molecule has 1 aromatic rings. The van der Waals surface area contributed by atoms with Crippen LogP contribution in [0, 0.1) is 0 Å². The summed E-state index contributed by atoms with van der Waals surface area (Å²) >= 11 is 0. The molecule has 2 aliphatic carbocycles. The van der Waals surface area contributed by atoms with Crippen molar-refractivity contribution in [3.8, 4) is 0 Å². The normalized spacial score (nSPS) is 27.2. The van der Waals surface area contributed by atoms with Crippen LogP contribution in [0.15, 0.2) is 24.3 Å². The molecular formula is C13H18N2O2S. The molecule has 0 aromatic heterocycles. The number of benzene rings is 1. The second-order valence-electron chi connectivity index (χ2n) is 5.32. The second kappa shape index (κ2) is 4.33. The van der Waals surface area contributed by atoms with Gasteiger partial charge in [0.2, 0.25) is 10.0 Å². The van der Waals surface area contributed by atoms with E-state index in [2.05, 4.69) is 16.9 Å². The quantitative estimate of drug-likeness (QED) is 0.837. The van der Waals surface area contributed by atoms with Gasteiger partial charge in [0.15, 0.2) is 0 Å². The molecular weight excluding hydrogens is 248 g/mol. The van der Waals surface area contributed by atoms with E-state index in [1.165, 1.54) is 5.56 Å². The molecule has 4 nitrogen and oxygen atoms in total. The molecule has 1 aromatic carbocycles. The first-order valence-electron chi connectivity index (χ1n) is 6.39. The fourth-order valence-electron chi connectivity index (χ4n) is 2.21. The lowest BCUT2D eigenvalue weighted by molar-refractivity contribution is 0.580. The van der Waals surface area contributed by atoms with Crippen LogP contribution in [0.4, 0.5) is 0 Å². The molecule has 2 aliphatic rings. The summed E-state index contributed by atoms with van der Waals surface area (Å²) in [6.45, 7) is 0.384. The van der Waals surface area contributed by atoms with E-state index in [1.807, 2.05) is 12.1 Å². The molecule has 2 saturated carbocycles. The van der Waals surface area contributed by atoms with E-state index in [0.717, 1.165) is 24.8 Å². The molecule has 0 amide bonds. The van der Waals surface area contributed by atoms with E-state index in [-0.39, 0.29) is 11.3 Å². The SMILES string of the molecule is NC1CC1c1cccc(CNS(=O)(=O)C2CC2)c1. The van der Waals surface area contributed by atoms with Crippen molar-refractivity contribution >= 4 is 10.0 Å². The maximum atomic E-state index is 11.7. The Morgan fingerprint density at radius 2 is 2.06 bits per heavy atom. The fourth-order valence-corrected chi connectivity index (χ4v) is 3.57. The summed E-state index contributed by atoms with van der Waals surface area (Å²) < 4.78 is 26.1. The lowest BCUT2D eigenvalue weighted by Crippen LogP contribution is -2.26. The number of nitrogens with one attached hydrogen (secondary N) is 1. The van der Waals surface area contributed by atoms with E-state index in [4.69, 9.17) is 5.73 Å². The van der Waals surface area contributed by atoms with E-state index >= 15 is 0 Å². The molecule has 3 rings (SSSR count). The molecule has 0 bridgehead atoms. The average molecular weight is 266 g/mol. The number of rotatable bonds is 5. The first-order chi connectivity index (χ1) is 8.56. The summed E-state index contributed by atoms with van der Waals surface area (Å²) in [6.07, 6.45) is 2.63. The van der Waals surface area contributed by atoms with Crippen molar-refractivity contribution in [2.24, 2.45) is 5.73 Å². The molecule has 0 radical (unpaired) electrons. The number of sulfonamides is 1. The Hall–Kier alpha value is -0.910. The molecule has 0 spiro atoms. The monoisotopic (exact) mass is 266 g/mol. The molecule has 3 N–H and O–H groups in total. The Labute approximate surface area is 108 Å². The van der Waals surface area contributed by atoms with Gasteiger partial charge in [0, 0.05) is 18.5 Å². The van der Waals surface area contributed by atoms with Crippen LogP contribution >= 0.6 is 0 Å². The maximum absolute atomic E-state index is 11.7. The summed E-state index contributed by atoms with van der Waals surface area (Å²) in [5, 5.41) is -0.155. The van der Waals surface area contributed by atoms with Crippen LogP contribution in [0.5, 0.6) is 0 Å². The van der Waals surface area contributed by atoms with Gasteiger partial charge in [-0.25, -0.2) is 13.1 Å². The average Bonchev–Trinajstić information content (AvgIpc) is 3.21. The lowest BCUT2D eigenvalue weighted by atomic mass is 10.1. The molecule has 0 heterocycles. The number of hydrogen-bond donors (Lipinski definition) is 2. The maximum Gasteiger partial charge on any atom is 0.214 e. The minimum Gasteiger partial charge on any atom is -0.327 e. The Balaban J connectivity index is 1.65. The second-order valence-corrected chi connectivity index (χ2v) is 7.36. The number of nitrogens with two attached hydrogens (primary N) is 1. The summed E-state index contributed by atoms with van der Waals surface area (Å²) in [6, 6.07) is 8.33. The van der Waals surface area contributed by atoms with Gasteiger partial charge in [0.25, 0.3) is 0 Å². The van der Waals surface area contributed by atoms with Crippen LogP contribution in [0.25, 0.3) is 0 Å². The van der Waals surface area contributed by atoms with Gasteiger partial charge in [-0.2, -0.15) is 0 Å². The van der Waals surface area contributed by atoms with Crippen molar-refractivity contribution in [1.29, 1.82) is 0 Å². The molecule has 2 unspecified atom stereocenters. The van der Waals surface area contributed by atoms with Gasteiger partial charge < -0.3 is 5.73 Å². The minimum absolute atomic E-state index is 0.155. The zero-order valence-corrected chi connectivity index (χ0v) is 11.0. The number of hydrogen-bond acceptors (Lipinski definition) is 3. The van der Waals surface area contributed by atoms with Crippen molar-refractivity contribution in [3.05, 3.63) is 35.4 Å². The molecule has 0 saturated heterocycles. The van der Waals surface area contributed by atoms with Crippen molar-refractivity contribution in [2.45, 2.75) is 43.0 Å². The van der Waals surface area contributed by atoms with E-state index in [0.29, 0.717) is 12.5 Å². The highest BCUT2D eigenvalue weighted by molar-refractivity contribution is 7.90. The van der Waals surface area contributed by atoms with Crippen molar-refractivity contribution < 1.29 is 8.42 Å². The molecule has 0 aliphatic heterocycles. The van der Waals surface area contributed by atoms with Crippen LogP contribution < -0.4 is 10.5 Å².